The van der Waals surface area contributed by atoms with Gasteiger partial charge >= 0.3 is 0 Å². The van der Waals surface area contributed by atoms with Crippen LogP contribution in [0.15, 0.2) is 104 Å². The van der Waals surface area contributed by atoms with Gasteiger partial charge in [-0.15, -0.1) is 0 Å². The Morgan fingerprint density at radius 1 is 0.706 bits per heavy atom. The molecule has 0 aliphatic heterocycles. The molecule has 5 nitrogen and oxygen atoms in total. The molecule has 7 rings (SSSR count). The van der Waals surface area contributed by atoms with Crippen LogP contribution in [0.4, 0.5) is 0 Å². The van der Waals surface area contributed by atoms with Gasteiger partial charge in [0.25, 0.3) is 0 Å². The van der Waals surface area contributed by atoms with E-state index < -0.39 is 0 Å². The second-order valence-electron chi connectivity index (χ2n) is 15.1. The van der Waals surface area contributed by atoms with Gasteiger partial charge in [0.1, 0.15) is 17.3 Å². The van der Waals surface area contributed by atoms with Crippen molar-refractivity contribution in [2.45, 2.75) is 92.4 Å². The molecule has 3 heterocycles. The van der Waals surface area contributed by atoms with Crippen molar-refractivity contribution in [3.63, 3.8) is 0 Å². The van der Waals surface area contributed by atoms with Gasteiger partial charge in [-0.05, 0) is 115 Å². The van der Waals surface area contributed by atoms with Gasteiger partial charge in [0.2, 0.25) is 0 Å². The molecular weight excluding hydrogens is 625 g/mol. The number of pyridine rings is 1. The second-order valence-corrected chi connectivity index (χ2v) is 15.1. The molecule has 0 fully saturated rings. The summed E-state index contributed by atoms with van der Waals surface area (Å²) in [7, 11) is 0. The third-order valence-electron chi connectivity index (χ3n) is 9.95. The van der Waals surface area contributed by atoms with Crippen molar-refractivity contribution < 1.29 is 4.74 Å². The van der Waals surface area contributed by atoms with Crippen LogP contribution in [0.3, 0.4) is 0 Å². The number of rotatable bonds is 11. The number of nitrogens with zero attached hydrogens (tertiary/aromatic N) is 4. The predicted octanol–water partition coefficient (Wildman–Crippen LogP) is 12.4. The van der Waals surface area contributed by atoms with Gasteiger partial charge in [0, 0.05) is 40.9 Å². The van der Waals surface area contributed by atoms with E-state index in [1.807, 2.05) is 23.1 Å². The van der Waals surface area contributed by atoms with Crippen LogP contribution < -0.4 is 4.74 Å². The fraction of sp³-hybridized carbons (Fsp3) is 0.304. The lowest BCUT2D eigenvalue weighted by Gasteiger charge is -2.21. The highest BCUT2D eigenvalue weighted by molar-refractivity contribution is 6.09. The maximum atomic E-state index is 6.75. The van der Waals surface area contributed by atoms with E-state index in [2.05, 4.69) is 138 Å². The maximum Gasteiger partial charge on any atom is 0.137 e. The molecule has 260 valence electrons. The molecule has 0 radical (unpaired) electrons. The first kappa shape index (κ1) is 34.3. The number of fused-ring (bicyclic) bond motifs is 3. The van der Waals surface area contributed by atoms with E-state index in [1.54, 1.807) is 0 Å². The quantitative estimate of drug-likeness (QED) is 0.137. The van der Waals surface area contributed by atoms with Crippen LogP contribution >= 0.6 is 0 Å². The zero-order chi connectivity index (χ0) is 35.7. The summed E-state index contributed by atoms with van der Waals surface area (Å²) in [5.74, 6) is 2.46. The zero-order valence-corrected chi connectivity index (χ0v) is 31.3. The average molecular weight is 675 g/mol. The summed E-state index contributed by atoms with van der Waals surface area (Å²) in [4.78, 5) is 4.76. The summed E-state index contributed by atoms with van der Waals surface area (Å²) in [5.41, 5.74) is 12.2. The van der Waals surface area contributed by atoms with E-state index in [0.29, 0.717) is 0 Å². The largest absolute Gasteiger partial charge is 0.457 e. The molecule has 0 aliphatic rings. The van der Waals surface area contributed by atoms with E-state index in [-0.39, 0.29) is 5.41 Å². The van der Waals surface area contributed by atoms with E-state index >= 15 is 0 Å². The normalized spacial score (nSPS) is 11.9. The first-order valence-electron chi connectivity index (χ1n) is 18.6. The van der Waals surface area contributed by atoms with Crippen molar-refractivity contribution in [2.75, 3.05) is 0 Å². The number of hydrogen-bond donors (Lipinski definition) is 0. The highest BCUT2D eigenvalue weighted by Gasteiger charge is 2.20. The Bertz CT molecular complexity index is 2310. The summed E-state index contributed by atoms with van der Waals surface area (Å²) in [5, 5.41) is 7.33. The van der Waals surface area contributed by atoms with Gasteiger partial charge in [-0.1, -0.05) is 83.4 Å². The molecule has 0 saturated carbocycles. The number of benzene rings is 4. The minimum atomic E-state index is -0.0884. The molecule has 3 aromatic heterocycles. The van der Waals surface area contributed by atoms with Crippen LogP contribution in [0.5, 0.6) is 11.5 Å². The Kier molecular flexibility index (Phi) is 9.56. The Balaban J connectivity index is 1.30. The molecule has 0 saturated heterocycles. The Morgan fingerprint density at radius 2 is 1.43 bits per heavy atom. The molecule has 0 aliphatic carbocycles. The molecule has 0 unspecified atom stereocenters. The molecule has 0 atom stereocenters. The zero-order valence-electron chi connectivity index (χ0n) is 31.3. The number of hydrogen-bond acceptors (Lipinski definition) is 3. The van der Waals surface area contributed by atoms with Gasteiger partial charge in [-0.25, -0.2) is 9.67 Å². The lowest BCUT2D eigenvalue weighted by Crippen LogP contribution is -2.12. The monoisotopic (exact) mass is 674 g/mol. The minimum Gasteiger partial charge on any atom is -0.457 e. The van der Waals surface area contributed by atoms with Gasteiger partial charge < -0.3 is 4.74 Å². The molecular formula is C46H50N4O. The summed E-state index contributed by atoms with van der Waals surface area (Å²) in [6, 6.07) is 30.4. The molecule has 0 spiro atoms. The highest BCUT2D eigenvalue weighted by Crippen LogP contribution is 2.38. The van der Waals surface area contributed by atoms with Crippen LogP contribution in [0.25, 0.3) is 44.4 Å². The van der Waals surface area contributed by atoms with Crippen LogP contribution in [0.2, 0.25) is 0 Å². The molecule has 0 bridgehead atoms. The number of ether oxygens (including phenoxy) is 1. The topological polar surface area (TPSA) is 44.9 Å². The van der Waals surface area contributed by atoms with Crippen molar-refractivity contribution >= 4 is 21.8 Å². The van der Waals surface area contributed by atoms with Gasteiger partial charge in [-0.2, -0.15) is 5.10 Å². The fourth-order valence-electron chi connectivity index (χ4n) is 7.28. The lowest BCUT2D eigenvalue weighted by molar-refractivity contribution is 0.478. The fourth-order valence-corrected chi connectivity index (χ4v) is 7.28. The van der Waals surface area contributed by atoms with Crippen molar-refractivity contribution in [3.05, 3.63) is 131 Å². The standard InChI is InChI=1S/C46H50N4O/c1-8-10-14-33-22-32(4)23-34(15-11-9-2)45(33)35-29-48-49(30-35)37-25-36(46(5,6)7)26-39(27-37)51-38-18-19-41-40-16-12-13-17-42(40)50(43(41)28-38)44-24-31(3)20-21-47-44/h12-13,16-30H,8-11,14-15H2,1-7H3. The Morgan fingerprint density at radius 3 is 2.14 bits per heavy atom. The van der Waals surface area contributed by atoms with Gasteiger partial charge in [-0.3, -0.25) is 4.57 Å². The molecule has 0 N–H and O–H groups in total. The van der Waals surface area contributed by atoms with Crippen LogP contribution in [0, 0.1) is 13.8 Å². The van der Waals surface area contributed by atoms with E-state index in [9.17, 15) is 0 Å². The van der Waals surface area contributed by atoms with Gasteiger partial charge in [0.15, 0.2) is 0 Å². The van der Waals surface area contributed by atoms with E-state index in [0.717, 1.165) is 46.9 Å². The van der Waals surface area contributed by atoms with E-state index in [4.69, 9.17) is 14.8 Å². The first-order valence-corrected chi connectivity index (χ1v) is 18.6. The summed E-state index contributed by atoms with van der Waals surface area (Å²) >= 11 is 0. The second kappa shape index (κ2) is 14.2. The molecule has 4 aromatic carbocycles. The number of aromatic nitrogens is 4. The van der Waals surface area contributed by atoms with Crippen molar-refractivity contribution in [1.82, 2.24) is 19.3 Å². The first-order chi connectivity index (χ1) is 24.6. The third kappa shape index (κ3) is 7.08. The summed E-state index contributed by atoms with van der Waals surface area (Å²) < 4.78 is 11.0. The molecule has 7 aromatic rings. The van der Waals surface area contributed by atoms with Crippen LogP contribution in [-0.2, 0) is 18.3 Å². The Labute approximate surface area is 302 Å². The molecule has 5 heteroatoms. The lowest BCUT2D eigenvalue weighted by atomic mass is 9.86. The van der Waals surface area contributed by atoms with Crippen LogP contribution in [0.1, 0.15) is 88.1 Å². The predicted molar refractivity (Wildman–Crippen MR) is 213 cm³/mol. The maximum absolute atomic E-state index is 6.75. The van der Waals surface area contributed by atoms with E-state index in [1.165, 1.54) is 75.4 Å². The Hall–Kier alpha value is -5.16. The molecule has 0 amide bonds. The number of aryl methyl sites for hydroxylation is 4. The van der Waals surface area contributed by atoms with Crippen LogP contribution in [-0.4, -0.2) is 19.3 Å². The summed E-state index contributed by atoms with van der Waals surface area (Å²) in [6.07, 6.45) is 13.0. The molecule has 51 heavy (non-hydrogen) atoms. The minimum absolute atomic E-state index is 0.0884. The van der Waals surface area contributed by atoms with Crippen molar-refractivity contribution in [3.8, 4) is 34.1 Å². The number of unbranched alkanes of at least 4 members (excludes halogenated alkanes) is 2. The number of para-hydroxylation sites is 1. The SMILES string of the molecule is CCCCc1cc(C)cc(CCCC)c1-c1cnn(-c2cc(Oc3ccc4c5ccccc5n(-c5cc(C)ccn5)c4c3)cc(C(C)(C)C)c2)c1. The highest BCUT2D eigenvalue weighted by atomic mass is 16.5. The smallest absolute Gasteiger partial charge is 0.137 e. The third-order valence-corrected chi connectivity index (χ3v) is 9.95. The summed E-state index contributed by atoms with van der Waals surface area (Å²) in [6.45, 7) is 15.6. The van der Waals surface area contributed by atoms with Crippen molar-refractivity contribution in [1.29, 1.82) is 0 Å². The van der Waals surface area contributed by atoms with Gasteiger partial charge in [0.05, 0.1) is 22.9 Å². The average Bonchev–Trinajstić information content (AvgIpc) is 3.72. The van der Waals surface area contributed by atoms with Crippen molar-refractivity contribution in [2.24, 2.45) is 0 Å².